The SMILES string of the molecule is CC1(O)OC(c2ccccc2)(c2ccccc2CN2CCOCC2)c2ccccc21. The lowest BCUT2D eigenvalue weighted by molar-refractivity contribution is -0.225. The molecule has 0 aliphatic carbocycles. The van der Waals surface area contributed by atoms with Crippen molar-refractivity contribution in [2.75, 3.05) is 26.3 Å². The lowest BCUT2D eigenvalue weighted by Crippen LogP contribution is -2.38. The van der Waals surface area contributed by atoms with Crippen LogP contribution < -0.4 is 0 Å². The molecule has 1 saturated heterocycles. The number of hydrogen-bond donors (Lipinski definition) is 1. The van der Waals surface area contributed by atoms with Gasteiger partial charge in [0.25, 0.3) is 0 Å². The Labute approximate surface area is 177 Å². The molecule has 0 amide bonds. The molecule has 2 atom stereocenters. The number of rotatable bonds is 4. The van der Waals surface area contributed by atoms with Crippen LogP contribution >= 0.6 is 0 Å². The van der Waals surface area contributed by atoms with Crippen molar-refractivity contribution in [2.24, 2.45) is 0 Å². The lowest BCUT2D eigenvalue weighted by atomic mass is 9.77. The van der Waals surface area contributed by atoms with Crippen LogP contribution in [0.15, 0.2) is 78.9 Å². The van der Waals surface area contributed by atoms with Gasteiger partial charge >= 0.3 is 0 Å². The molecule has 1 fully saturated rings. The van der Waals surface area contributed by atoms with E-state index >= 15 is 0 Å². The quantitative estimate of drug-likeness (QED) is 0.717. The van der Waals surface area contributed by atoms with Gasteiger partial charge < -0.3 is 14.6 Å². The summed E-state index contributed by atoms with van der Waals surface area (Å²) in [4.78, 5) is 2.42. The zero-order chi connectivity index (χ0) is 20.6. The maximum absolute atomic E-state index is 11.3. The minimum atomic E-state index is -1.38. The van der Waals surface area contributed by atoms with Crippen LogP contribution in [0.4, 0.5) is 0 Å². The summed E-state index contributed by atoms with van der Waals surface area (Å²) in [7, 11) is 0. The van der Waals surface area contributed by atoms with E-state index in [0.717, 1.165) is 55.1 Å². The molecule has 0 bridgehead atoms. The second-order valence-corrected chi connectivity index (χ2v) is 8.22. The summed E-state index contributed by atoms with van der Waals surface area (Å²) in [5.41, 5.74) is 4.24. The van der Waals surface area contributed by atoms with Crippen molar-refractivity contribution in [3.63, 3.8) is 0 Å². The molecule has 0 aromatic heterocycles. The van der Waals surface area contributed by atoms with Gasteiger partial charge in [-0.1, -0.05) is 78.9 Å². The van der Waals surface area contributed by atoms with Gasteiger partial charge in [0.1, 0.15) is 5.60 Å². The van der Waals surface area contributed by atoms with Crippen molar-refractivity contribution >= 4 is 0 Å². The molecule has 0 spiro atoms. The number of ether oxygens (including phenoxy) is 2. The molecule has 5 rings (SSSR count). The molecule has 2 aliphatic rings. The average molecular weight is 402 g/mol. The van der Waals surface area contributed by atoms with Gasteiger partial charge in [-0.3, -0.25) is 4.90 Å². The summed E-state index contributed by atoms with van der Waals surface area (Å²) in [5.74, 6) is -1.38. The zero-order valence-electron chi connectivity index (χ0n) is 17.3. The highest BCUT2D eigenvalue weighted by Crippen LogP contribution is 2.53. The largest absolute Gasteiger partial charge is 0.379 e. The van der Waals surface area contributed by atoms with Crippen LogP contribution in [0.5, 0.6) is 0 Å². The number of aliphatic hydroxyl groups is 1. The first-order valence-corrected chi connectivity index (χ1v) is 10.6. The molecule has 2 aliphatic heterocycles. The van der Waals surface area contributed by atoms with Crippen molar-refractivity contribution in [1.29, 1.82) is 0 Å². The van der Waals surface area contributed by atoms with Gasteiger partial charge in [-0.2, -0.15) is 0 Å². The van der Waals surface area contributed by atoms with E-state index in [1.807, 2.05) is 36.4 Å². The molecule has 2 heterocycles. The Hall–Kier alpha value is -2.50. The number of morpholine rings is 1. The lowest BCUT2D eigenvalue weighted by Gasteiger charge is -2.36. The van der Waals surface area contributed by atoms with Crippen molar-refractivity contribution in [3.8, 4) is 0 Å². The number of hydrogen-bond acceptors (Lipinski definition) is 4. The highest BCUT2D eigenvalue weighted by molar-refractivity contribution is 5.56. The van der Waals surface area contributed by atoms with Gasteiger partial charge in [-0.05, 0) is 23.6 Å². The monoisotopic (exact) mass is 401 g/mol. The Bertz CT molecular complexity index is 1030. The third-order valence-electron chi connectivity index (χ3n) is 6.23. The standard InChI is InChI=1S/C26H27NO3/c1-25(28)23-13-7-8-14-24(23)26(30-25,21-10-3-2-4-11-21)22-12-6-5-9-20(22)19-27-15-17-29-18-16-27/h2-14,28H,15-19H2,1H3. The predicted molar refractivity (Wildman–Crippen MR) is 116 cm³/mol. The Kier molecular flexibility index (Phi) is 4.95. The fourth-order valence-corrected chi connectivity index (χ4v) is 4.85. The minimum Gasteiger partial charge on any atom is -0.379 e. The molecule has 4 heteroatoms. The second kappa shape index (κ2) is 7.64. The Balaban J connectivity index is 1.71. The van der Waals surface area contributed by atoms with E-state index in [9.17, 15) is 5.11 Å². The van der Waals surface area contributed by atoms with Gasteiger partial charge in [-0.15, -0.1) is 0 Å². The van der Waals surface area contributed by atoms with Gasteiger partial charge in [0, 0.05) is 30.8 Å². The highest BCUT2D eigenvalue weighted by atomic mass is 16.6. The summed E-state index contributed by atoms with van der Waals surface area (Å²) in [6, 6.07) is 26.7. The first-order valence-electron chi connectivity index (χ1n) is 10.6. The summed E-state index contributed by atoms with van der Waals surface area (Å²) in [6.45, 7) is 5.92. The van der Waals surface area contributed by atoms with Gasteiger partial charge in [0.2, 0.25) is 0 Å². The summed E-state index contributed by atoms with van der Waals surface area (Å²) >= 11 is 0. The molecule has 1 N–H and O–H groups in total. The normalized spacial score (nSPS) is 26.5. The molecule has 3 aromatic rings. The molecule has 2 unspecified atom stereocenters. The van der Waals surface area contributed by atoms with E-state index in [0.29, 0.717) is 0 Å². The summed E-state index contributed by atoms with van der Waals surface area (Å²) in [6.07, 6.45) is 0. The van der Waals surface area contributed by atoms with E-state index in [2.05, 4.69) is 47.4 Å². The van der Waals surface area contributed by atoms with Crippen molar-refractivity contribution in [1.82, 2.24) is 4.90 Å². The smallest absolute Gasteiger partial charge is 0.191 e. The predicted octanol–water partition coefficient (Wildman–Crippen LogP) is 4.01. The first-order chi connectivity index (χ1) is 14.6. The van der Waals surface area contributed by atoms with E-state index in [1.165, 1.54) is 5.56 Å². The third kappa shape index (κ3) is 3.17. The van der Waals surface area contributed by atoms with Crippen LogP contribution in [0.25, 0.3) is 0 Å². The van der Waals surface area contributed by atoms with E-state index in [1.54, 1.807) is 6.92 Å². The van der Waals surface area contributed by atoms with Crippen molar-refractivity contribution in [3.05, 3.63) is 107 Å². The summed E-state index contributed by atoms with van der Waals surface area (Å²) in [5, 5.41) is 11.3. The van der Waals surface area contributed by atoms with E-state index in [-0.39, 0.29) is 0 Å². The molecular formula is C26H27NO3. The number of benzene rings is 3. The Morgan fingerprint density at radius 3 is 2.13 bits per heavy atom. The van der Waals surface area contributed by atoms with Crippen molar-refractivity contribution in [2.45, 2.75) is 24.9 Å². The summed E-state index contributed by atoms with van der Waals surface area (Å²) < 4.78 is 12.2. The third-order valence-corrected chi connectivity index (χ3v) is 6.23. The number of fused-ring (bicyclic) bond motifs is 1. The fraction of sp³-hybridized carbons (Fsp3) is 0.308. The number of nitrogens with zero attached hydrogens (tertiary/aromatic N) is 1. The minimum absolute atomic E-state index is 0.764. The molecular weight excluding hydrogens is 374 g/mol. The first kappa shape index (κ1) is 19.5. The van der Waals surface area contributed by atoms with Crippen molar-refractivity contribution < 1.29 is 14.6 Å². The zero-order valence-corrected chi connectivity index (χ0v) is 17.3. The Morgan fingerprint density at radius 2 is 1.40 bits per heavy atom. The van der Waals surface area contributed by atoms with Crippen LogP contribution in [0, 0.1) is 0 Å². The van der Waals surface area contributed by atoms with Gasteiger partial charge in [0.15, 0.2) is 5.79 Å². The van der Waals surface area contributed by atoms with Crippen LogP contribution in [0.2, 0.25) is 0 Å². The highest BCUT2D eigenvalue weighted by Gasteiger charge is 2.53. The maximum atomic E-state index is 11.3. The Morgan fingerprint density at radius 1 is 0.800 bits per heavy atom. The second-order valence-electron chi connectivity index (χ2n) is 8.22. The average Bonchev–Trinajstić information content (AvgIpc) is 3.04. The molecule has 154 valence electrons. The molecule has 0 saturated carbocycles. The van der Waals surface area contributed by atoms with E-state index < -0.39 is 11.4 Å². The van der Waals surface area contributed by atoms with Gasteiger partial charge in [-0.25, -0.2) is 0 Å². The van der Waals surface area contributed by atoms with E-state index in [4.69, 9.17) is 9.47 Å². The molecule has 4 nitrogen and oxygen atoms in total. The maximum Gasteiger partial charge on any atom is 0.191 e. The fourth-order valence-electron chi connectivity index (χ4n) is 4.85. The van der Waals surface area contributed by atoms with Crippen LogP contribution in [-0.2, 0) is 27.4 Å². The van der Waals surface area contributed by atoms with Crippen LogP contribution in [0.1, 0.15) is 34.7 Å². The molecule has 0 radical (unpaired) electrons. The molecule has 3 aromatic carbocycles. The van der Waals surface area contributed by atoms with Crippen LogP contribution in [0.3, 0.4) is 0 Å². The van der Waals surface area contributed by atoms with Crippen LogP contribution in [-0.4, -0.2) is 36.3 Å². The van der Waals surface area contributed by atoms with Gasteiger partial charge in [0.05, 0.1) is 13.2 Å². The topological polar surface area (TPSA) is 41.9 Å². The molecule has 30 heavy (non-hydrogen) atoms.